The molecule has 3 heteroatoms. The van der Waals surface area contributed by atoms with Crippen LogP contribution in [0.5, 0.6) is 0 Å². The van der Waals surface area contributed by atoms with Crippen LogP contribution in [0.2, 0.25) is 0 Å². The average molecular weight is 206 g/mol. The van der Waals surface area contributed by atoms with E-state index in [-0.39, 0.29) is 6.10 Å². The Hall–Kier alpha value is 0.210. The van der Waals surface area contributed by atoms with Gasteiger partial charge in [0.25, 0.3) is 0 Å². The maximum atomic E-state index is 5.76. The van der Waals surface area contributed by atoms with Gasteiger partial charge in [-0.1, -0.05) is 20.3 Å². The van der Waals surface area contributed by atoms with Gasteiger partial charge < -0.3 is 4.74 Å². The first kappa shape index (κ1) is 11.3. The molecule has 1 aliphatic rings. The molecule has 0 aromatic heterocycles. The molecule has 1 rings (SSSR count). The van der Waals surface area contributed by atoms with E-state index in [0.717, 1.165) is 25.6 Å². The van der Waals surface area contributed by atoms with Crippen LogP contribution in [0.25, 0.3) is 0 Å². The molecule has 0 amide bonds. The van der Waals surface area contributed by atoms with Gasteiger partial charge in [-0.05, 0) is 5.92 Å². The van der Waals surface area contributed by atoms with Gasteiger partial charge in [0, 0.05) is 25.5 Å². The van der Waals surface area contributed by atoms with Gasteiger partial charge in [-0.3, -0.25) is 4.90 Å². The van der Waals surface area contributed by atoms with Crippen molar-refractivity contribution in [1.29, 1.82) is 0 Å². The van der Waals surface area contributed by atoms with Crippen LogP contribution in [0, 0.1) is 5.92 Å². The van der Waals surface area contributed by atoms with Gasteiger partial charge in [-0.2, -0.15) is 0 Å². The second-order valence-electron chi connectivity index (χ2n) is 3.92. The third kappa shape index (κ3) is 3.84. The lowest BCUT2D eigenvalue weighted by atomic mass is 10.1. The number of nitrogens with zero attached hydrogens (tertiary/aromatic N) is 1. The quantitative estimate of drug-likeness (QED) is 0.651. The van der Waals surface area contributed by atoms with Gasteiger partial charge in [0.1, 0.15) is 0 Å². The zero-order chi connectivity index (χ0) is 9.68. The predicted molar refractivity (Wildman–Crippen MR) is 56.4 cm³/mol. The highest BCUT2D eigenvalue weighted by Gasteiger charge is 2.20. The smallest absolute Gasteiger partial charge is 0.0837 e. The molecule has 0 aromatic carbocycles. The van der Waals surface area contributed by atoms with Crippen molar-refractivity contribution in [2.24, 2.45) is 5.92 Å². The fourth-order valence-corrected chi connectivity index (χ4v) is 1.80. The molecule has 1 aliphatic heterocycles. The summed E-state index contributed by atoms with van der Waals surface area (Å²) in [7, 11) is 0. The highest BCUT2D eigenvalue weighted by atomic mass is 35.5. The third-order valence-corrected chi connectivity index (χ3v) is 3.01. The van der Waals surface area contributed by atoms with Crippen LogP contribution in [0.3, 0.4) is 0 Å². The molecular formula is C10H20ClNO. The lowest BCUT2D eigenvalue weighted by Crippen LogP contribution is -2.44. The molecule has 2 nitrogen and oxygen atoms in total. The molecule has 0 aromatic rings. The Morgan fingerprint density at radius 3 is 3.00 bits per heavy atom. The van der Waals surface area contributed by atoms with E-state index in [2.05, 4.69) is 18.7 Å². The van der Waals surface area contributed by atoms with E-state index >= 15 is 0 Å². The SMILES string of the molecule is CCC(C)CN1CCOC(CCl)C1. The van der Waals surface area contributed by atoms with Crippen molar-refractivity contribution in [3.63, 3.8) is 0 Å². The highest BCUT2D eigenvalue weighted by Crippen LogP contribution is 2.10. The Labute approximate surface area is 86.2 Å². The van der Waals surface area contributed by atoms with Crippen molar-refractivity contribution in [3.05, 3.63) is 0 Å². The molecule has 0 spiro atoms. The van der Waals surface area contributed by atoms with E-state index in [1.807, 2.05) is 0 Å². The Morgan fingerprint density at radius 1 is 1.62 bits per heavy atom. The van der Waals surface area contributed by atoms with Crippen molar-refractivity contribution < 1.29 is 4.74 Å². The van der Waals surface area contributed by atoms with E-state index < -0.39 is 0 Å². The van der Waals surface area contributed by atoms with Crippen LogP contribution in [0.15, 0.2) is 0 Å². The van der Waals surface area contributed by atoms with Crippen molar-refractivity contribution in [2.45, 2.75) is 26.4 Å². The second kappa shape index (κ2) is 5.84. The largest absolute Gasteiger partial charge is 0.374 e. The van der Waals surface area contributed by atoms with E-state index in [1.54, 1.807) is 0 Å². The molecule has 0 aliphatic carbocycles. The molecule has 2 atom stereocenters. The maximum absolute atomic E-state index is 5.76. The van der Waals surface area contributed by atoms with E-state index in [4.69, 9.17) is 16.3 Å². The molecule has 0 saturated carbocycles. The van der Waals surface area contributed by atoms with Gasteiger partial charge in [-0.15, -0.1) is 11.6 Å². The maximum Gasteiger partial charge on any atom is 0.0837 e. The number of ether oxygens (including phenoxy) is 1. The molecule has 78 valence electrons. The summed E-state index contributed by atoms with van der Waals surface area (Å²) in [4.78, 5) is 2.46. The van der Waals surface area contributed by atoms with Gasteiger partial charge >= 0.3 is 0 Å². The van der Waals surface area contributed by atoms with Crippen LogP contribution < -0.4 is 0 Å². The van der Waals surface area contributed by atoms with E-state index in [0.29, 0.717) is 5.88 Å². The number of alkyl halides is 1. The first-order chi connectivity index (χ1) is 6.26. The normalized spacial score (nSPS) is 27.5. The highest BCUT2D eigenvalue weighted by molar-refractivity contribution is 6.18. The van der Waals surface area contributed by atoms with E-state index in [9.17, 15) is 0 Å². The summed E-state index contributed by atoms with van der Waals surface area (Å²) in [6.07, 6.45) is 1.50. The Bertz CT molecular complexity index is 141. The minimum atomic E-state index is 0.250. The first-order valence-corrected chi connectivity index (χ1v) is 5.69. The van der Waals surface area contributed by atoms with Gasteiger partial charge in [0.05, 0.1) is 12.7 Å². The summed E-state index contributed by atoms with van der Waals surface area (Å²) in [6.45, 7) is 8.64. The summed E-state index contributed by atoms with van der Waals surface area (Å²) >= 11 is 5.76. The predicted octanol–water partition coefficient (Wildman–Crippen LogP) is 1.97. The van der Waals surface area contributed by atoms with Crippen molar-refractivity contribution in [3.8, 4) is 0 Å². The van der Waals surface area contributed by atoms with E-state index in [1.165, 1.54) is 13.0 Å². The van der Waals surface area contributed by atoms with Crippen LogP contribution in [0.4, 0.5) is 0 Å². The Balaban J connectivity index is 2.25. The van der Waals surface area contributed by atoms with Crippen LogP contribution in [-0.4, -0.2) is 43.1 Å². The molecular weight excluding hydrogens is 186 g/mol. The number of hydrogen-bond acceptors (Lipinski definition) is 2. The zero-order valence-corrected chi connectivity index (χ0v) is 9.39. The number of morpholine rings is 1. The standard InChI is InChI=1S/C10H20ClNO/c1-3-9(2)7-12-4-5-13-10(6-11)8-12/h9-10H,3-8H2,1-2H3. The fourth-order valence-electron chi connectivity index (χ4n) is 1.61. The van der Waals surface area contributed by atoms with Crippen LogP contribution >= 0.6 is 11.6 Å². The Kier molecular flexibility index (Phi) is 5.07. The number of rotatable bonds is 4. The molecule has 2 unspecified atom stereocenters. The zero-order valence-electron chi connectivity index (χ0n) is 8.63. The van der Waals surface area contributed by atoms with Crippen molar-refractivity contribution >= 4 is 11.6 Å². The third-order valence-electron chi connectivity index (χ3n) is 2.66. The molecule has 0 bridgehead atoms. The summed E-state index contributed by atoms with van der Waals surface area (Å²) in [5.41, 5.74) is 0. The van der Waals surface area contributed by atoms with Gasteiger partial charge in [0.2, 0.25) is 0 Å². The van der Waals surface area contributed by atoms with Gasteiger partial charge in [0.15, 0.2) is 0 Å². The van der Waals surface area contributed by atoms with Crippen molar-refractivity contribution in [2.75, 3.05) is 32.1 Å². The number of hydrogen-bond donors (Lipinski definition) is 0. The molecule has 1 heterocycles. The minimum Gasteiger partial charge on any atom is -0.374 e. The lowest BCUT2D eigenvalue weighted by molar-refractivity contribution is -0.0206. The summed E-state index contributed by atoms with van der Waals surface area (Å²) < 4.78 is 5.50. The average Bonchev–Trinajstić information content (AvgIpc) is 2.18. The van der Waals surface area contributed by atoms with Gasteiger partial charge in [-0.25, -0.2) is 0 Å². The molecule has 0 N–H and O–H groups in total. The lowest BCUT2D eigenvalue weighted by Gasteiger charge is -2.33. The Morgan fingerprint density at radius 2 is 2.38 bits per heavy atom. The van der Waals surface area contributed by atoms with Crippen LogP contribution in [0.1, 0.15) is 20.3 Å². The second-order valence-corrected chi connectivity index (χ2v) is 4.23. The summed E-state index contributed by atoms with van der Waals surface area (Å²) in [6, 6.07) is 0. The van der Waals surface area contributed by atoms with Crippen LogP contribution in [-0.2, 0) is 4.74 Å². The summed E-state index contributed by atoms with van der Waals surface area (Å²) in [5.74, 6) is 1.41. The molecule has 1 fully saturated rings. The molecule has 1 saturated heterocycles. The summed E-state index contributed by atoms with van der Waals surface area (Å²) in [5, 5.41) is 0. The topological polar surface area (TPSA) is 12.5 Å². The first-order valence-electron chi connectivity index (χ1n) is 5.16. The fraction of sp³-hybridized carbons (Fsp3) is 1.00. The monoisotopic (exact) mass is 205 g/mol. The molecule has 13 heavy (non-hydrogen) atoms. The molecule has 0 radical (unpaired) electrons. The minimum absolute atomic E-state index is 0.250. The number of halogens is 1. The van der Waals surface area contributed by atoms with Crippen molar-refractivity contribution in [1.82, 2.24) is 4.90 Å².